The number of rotatable bonds is 3. The Hall–Kier alpha value is -4.65. The van der Waals surface area contributed by atoms with Crippen molar-refractivity contribution < 1.29 is 26.3 Å². The molecule has 6 rings (SSSR count). The normalized spacial score (nSPS) is 12.2. The van der Waals surface area contributed by atoms with E-state index in [1.54, 1.807) is 24.4 Å². The minimum atomic E-state index is -4.90. The van der Waals surface area contributed by atoms with Crippen LogP contribution in [0.4, 0.5) is 26.3 Å². The third-order valence-electron chi connectivity index (χ3n) is 6.92. The van der Waals surface area contributed by atoms with Crippen molar-refractivity contribution in [3.63, 3.8) is 0 Å². The monoisotopic (exact) mass is 543 g/mol. The van der Waals surface area contributed by atoms with E-state index >= 15 is 0 Å². The largest absolute Gasteiger partial charge is 0.416 e. The third-order valence-corrected chi connectivity index (χ3v) is 6.92. The second kappa shape index (κ2) is 9.52. The Morgan fingerprint density at radius 3 is 1.55 bits per heavy atom. The molecule has 0 N–H and O–H groups in total. The van der Waals surface area contributed by atoms with Gasteiger partial charge in [-0.25, -0.2) is 0 Å². The number of benzene rings is 5. The molecule has 0 aliphatic heterocycles. The van der Waals surface area contributed by atoms with Gasteiger partial charge in [-0.3, -0.25) is 4.98 Å². The van der Waals surface area contributed by atoms with Crippen LogP contribution >= 0.6 is 0 Å². The summed E-state index contributed by atoms with van der Waals surface area (Å²) in [6.07, 6.45) is -8.04. The molecule has 0 aliphatic carbocycles. The van der Waals surface area contributed by atoms with Crippen LogP contribution in [0.15, 0.2) is 115 Å². The van der Waals surface area contributed by atoms with Gasteiger partial charge in [-0.1, -0.05) is 72.8 Å². The fourth-order valence-electron chi connectivity index (χ4n) is 4.91. The minimum Gasteiger partial charge on any atom is -0.256 e. The van der Waals surface area contributed by atoms with Crippen LogP contribution in [-0.4, -0.2) is 4.98 Å². The number of aromatic nitrogens is 1. The Balaban J connectivity index is 1.34. The summed E-state index contributed by atoms with van der Waals surface area (Å²) in [5, 5.41) is 2.56. The third kappa shape index (κ3) is 4.91. The van der Waals surface area contributed by atoms with E-state index in [0.717, 1.165) is 50.7 Å². The first-order valence-corrected chi connectivity index (χ1v) is 12.3. The van der Waals surface area contributed by atoms with E-state index in [1.165, 1.54) is 0 Å². The Morgan fingerprint density at radius 2 is 0.950 bits per heavy atom. The van der Waals surface area contributed by atoms with Crippen LogP contribution in [0, 0.1) is 0 Å². The van der Waals surface area contributed by atoms with E-state index in [-0.39, 0.29) is 17.2 Å². The summed E-state index contributed by atoms with van der Waals surface area (Å²) in [5.74, 6) is 0. The quantitative estimate of drug-likeness (QED) is 0.202. The number of halogens is 6. The second-order valence-corrected chi connectivity index (χ2v) is 9.53. The van der Waals surface area contributed by atoms with Gasteiger partial charge in [0, 0.05) is 17.1 Å². The molecule has 1 nitrogen and oxygen atoms in total. The molecule has 5 aromatic carbocycles. The molecule has 0 fully saturated rings. The molecule has 1 heterocycles. The highest BCUT2D eigenvalue weighted by Crippen LogP contribution is 2.39. The van der Waals surface area contributed by atoms with Crippen molar-refractivity contribution in [1.82, 2.24) is 4.98 Å². The Kier molecular flexibility index (Phi) is 6.10. The standard InChI is InChI=1S/C33H19F6N/c34-32(35,36)28-17-27(18-29(19-28)33(37,38)39)26-13-12-24-15-23(10-11-25(24)16-26)20-6-8-21(9-7-20)30-5-1-3-22-4-2-14-40-31(22)30/h1-19H. The smallest absolute Gasteiger partial charge is 0.256 e. The number of nitrogens with zero attached hydrogens (tertiary/aromatic N) is 1. The van der Waals surface area contributed by atoms with Crippen LogP contribution in [0.1, 0.15) is 11.1 Å². The maximum atomic E-state index is 13.3. The molecule has 0 unspecified atom stereocenters. The van der Waals surface area contributed by atoms with E-state index < -0.39 is 23.5 Å². The summed E-state index contributed by atoms with van der Waals surface area (Å²) in [6, 6.07) is 30.1. The van der Waals surface area contributed by atoms with Gasteiger partial charge < -0.3 is 0 Å². The van der Waals surface area contributed by atoms with Gasteiger partial charge in [0.25, 0.3) is 0 Å². The summed E-state index contributed by atoms with van der Waals surface area (Å²) >= 11 is 0. The summed E-state index contributed by atoms with van der Waals surface area (Å²) in [4.78, 5) is 4.52. The minimum absolute atomic E-state index is 0.138. The summed E-state index contributed by atoms with van der Waals surface area (Å²) < 4.78 is 80.0. The van der Waals surface area contributed by atoms with Crippen LogP contribution in [0.2, 0.25) is 0 Å². The Morgan fingerprint density at radius 1 is 0.425 bits per heavy atom. The van der Waals surface area contributed by atoms with Crippen molar-refractivity contribution in [3.05, 3.63) is 127 Å². The lowest BCUT2D eigenvalue weighted by Crippen LogP contribution is -2.11. The molecule has 40 heavy (non-hydrogen) atoms. The lowest BCUT2D eigenvalue weighted by molar-refractivity contribution is -0.143. The molecule has 0 spiro atoms. The van der Waals surface area contributed by atoms with E-state index in [0.29, 0.717) is 5.39 Å². The molecule has 0 aliphatic rings. The predicted molar refractivity (Wildman–Crippen MR) is 146 cm³/mol. The number of hydrogen-bond acceptors (Lipinski definition) is 1. The first kappa shape index (κ1) is 25.6. The van der Waals surface area contributed by atoms with Crippen LogP contribution in [0.3, 0.4) is 0 Å². The van der Waals surface area contributed by atoms with Gasteiger partial charge in [-0.2, -0.15) is 26.3 Å². The maximum absolute atomic E-state index is 13.3. The molecule has 0 saturated heterocycles. The van der Waals surface area contributed by atoms with E-state index in [1.807, 2.05) is 72.8 Å². The lowest BCUT2D eigenvalue weighted by atomic mass is 9.95. The van der Waals surface area contributed by atoms with Gasteiger partial charge in [0.05, 0.1) is 16.6 Å². The molecule has 6 aromatic rings. The predicted octanol–water partition coefficient (Wildman–Crippen LogP) is 10.4. The van der Waals surface area contributed by atoms with Crippen molar-refractivity contribution in [2.24, 2.45) is 0 Å². The van der Waals surface area contributed by atoms with Crippen LogP contribution in [0.5, 0.6) is 0 Å². The van der Waals surface area contributed by atoms with Gasteiger partial charge in [-0.15, -0.1) is 0 Å². The van der Waals surface area contributed by atoms with E-state index in [9.17, 15) is 26.3 Å². The first-order chi connectivity index (χ1) is 19.1. The van der Waals surface area contributed by atoms with E-state index in [2.05, 4.69) is 4.98 Å². The molecule has 0 atom stereocenters. The summed E-state index contributed by atoms with van der Waals surface area (Å²) in [6.45, 7) is 0. The van der Waals surface area contributed by atoms with Gasteiger partial charge in [-0.05, 0) is 75.0 Å². The first-order valence-electron chi connectivity index (χ1n) is 12.3. The fraction of sp³-hybridized carbons (Fsp3) is 0.0606. The topological polar surface area (TPSA) is 12.9 Å². The average Bonchev–Trinajstić information content (AvgIpc) is 2.95. The summed E-state index contributed by atoms with van der Waals surface area (Å²) in [7, 11) is 0. The van der Waals surface area contributed by atoms with Gasteiger partial charge in [0.1, 0.15) is 0 Å². The maximum Gasteiger partial charge on any atom is 0.416 e. The zero-order chi connectivity index (χ0) is 28.1. The summed E-state index contributed by atoms with van der Waals surface area (Å²) in [5.41, 5.74) is 2.32. The highest BCUT2D eigenvalue weighted by molar-refractivity contribution is 5.94. The van der Waals surface area contributed by atoms with Crippen LogP contribution < -0.4 is 0 Å². The Bertz CT molecular complexity index is 1830. The number of fused-ring (bicyclic) bond motifs is 2. The average molecular weight is 544 g/mol. The molecule has 0 saturated carbocycles. The van der Waals surface area contributed by atoms with Crippen molar-refractivity contribution in [2.45, 2.75) is 12.4 Å². The van der Waals surface area contributed by atoms with Gasteiger partial charge in [0.2, 0.25) is 0 Å². The molecule has 198 valence electrons. The highest BCUT2D eigenvalue weighted by atomic mass is 19.4. The van der Waals surface area contributed by atoms with Crippen molar-refractivity contribution in [3.8, 4) is 33.4 Å². The van der Waals surface area contributed by atoms with Crippen molar-refractivity contribution in [1.29, 1.82) is 0 Å². The van der Waals surface area contributed by atoms with Gasteiger partial charge >= 0.3 is 12.4 Å². The zero-order valence-corrected chi connectivity index (χ0v) is 20.7. The molecular formula is C33H19F6N. The number of alkyl halides is 6. The molecular weight excluding hydrogens is 524 g/mol. The SMILES string of the molecule is FC(F)(F)c1cc(-c2ccc3cc(-c4ccc(-c5cccc6cccnc56)cc4)ccc3c2)cc(C(F)(F)F)c1. The molecule has 1 aromatic heterocycles. The van der Waals surface area contributed by atoms with Crippen LogP contribution in [0.25, 0.3) is 55.1 Å². The Labute approximate surface area is 225 Å². The molecule has 0 amide bonds. The second-order valence-electron chi connectivity index (χ2n) is 9.53. The molecule has 7 heteroatoms. The van der Waals surface area contributed by atoms with Crippen LogP contribution in [-0.2, 0) is 12.4 Å². The van der Waals surface area contributed by atoms with Crippen molar-refractivity contribution in [2.75, 3.05) is 0 Å². The zero-order valence-electron chi connectivity index (χ0n) is 20.7. The number of para-hydroxylation sites is 1. The highest BCUT2D eigenvalue weighted by Gasteiger charge is 2.37. The number of hydrogen-bond donors (Lipinski definition) is 0. The number of pyridine rings is 1. The fourth-order valence-corrected chi connectivity index (χ4v) is 4.91. The molecule has 0 radical (unpaired) electrons. The van der Waals surface area contributed by atoms with E-state index in [4.69, 9.17) is 0 Å². The lowest BCUT2D eigenvalue weighted by Gasteiger charge is -2.15. The molecule has 0 bridgehead atoms. The van der Waals surface area contributed by atoms with Gasteiger partial charge in [0.15, 0.2) is 0 Å². The van der Waals surface area contributed by atoms with Crippen molar-refractivity contribution >= 4 is 21.7 Å².